The molecule has 0 saturated heterocycles. The van der Waals surface area contributed by atoms with Crippen molar-refractivity contribution >= 4 is 27.8 Å². The number of amides is 1. The molecule has 0 saturated carbocycles. The highest BCUT2D eigenvalue weighted by Gasteiger charge is 2.38. The van der Waals surface area contributed by atoms with Crippen LogP contribution in [0.4, 0.5) is 0 Å². The summed E-state index contributed by atoms with van der Waals surface area (Å²) in [6.07, 6.45) is 3.90. The second-order valence-electron chi connectivity index (χ2n) is 6.03. The SMILES string of the molecule is CC(C)(C)[Si](C)(C)OC[C@@H]1C=CC(=O)N1[B]C=O. The van der Waals surface area contributed by atoms with E-state index >= 15 is 0 Å². The molecule has 0 aliphatic carbocycles. The van der Waals surface area contributed by atoms with Crippen LogP contribution in [0.25, 0.3) is 0 Å². The average molecular weight is 266 g/mol. The minimum absolute atomic E-state index is 0.137. The van der Waals surface area contributed by atoms with Crippen molar-refractivity contribution in [3.8, 4) is 0 Å². The Morgan fingerprint density at radius 3 is 2.61 bits per heavy atom. The number of nitrogens with zero attached hydrogens (tertiary/aromatic N) is 1. The van der Waals surface area contributed by atoms with E-state index in [0.29, 0.717) is 12.8 Å². The molecule has 0 unspecified atom stereocenters. The van der Waals surface area contributed by atoms with E-state index < -0.39 is 8.32 Å². The summed E-state index contributed by atoms with van der Waals surface area (Å²) in [6.45, 7) is 11.3. The number of hydrogen-bond donors (Lipinski definition) is 0. The second-order valence-corrected chi connectivity index (χ2v) is 10.8. The molecule has 1 heterocycles. The van der Waals surface area contributed by atoms with Gasteiger partial charge in [0.05, 0.1) is 12.6 Å². The van der Waals surface area contributed by atoms with Crippen molar-refractivity contribution in [1.29, 1.82) is 0 Å². The highest BCUT2D eigenvalue weighted by molar-refractivity contribution is 6.74. The van der Waals surface area contributed by atoms with E-state index in [4.69, 9.17) is 4.43 Å². The van der Waals surface area contributed by atoms with Crippen molar-refractivity contribution in [2.24, 2.45) is 0 Å². The largest absolute Gasteiger partial charge is 0.414 e. The molecule has 1 atom stereocenters. The zero-order chi connectivity index (χ0) is 14.0. The van der Waals surface area contributed by atoms with Gasteiger partial charge in [0, 0.05) is 0 Å². The summed E-state index contributed by atoms with van der Waals surface area (Å²) in [5, 5.41) is 0.137. The smallest absolute Gasteiger partial charge is 0.332 e. The first-order valence-corrected chi connectivity index (χ1v) is 9.03. The van der Waals surface area contributed by atoms with Gasteiger partial charge in [0.2, 0.25) is 5.91 Å². The predicted molar refractivity (Wildman–Crippen MR) is 75.4 cm³/mol. The summed E-state index contributed by atoms with van der Waals surface area (Å²) in [6, 6.07) is -0.156. The Labute approximate surface area is 111 Å². The topological polar surface area (TPSA) is 46.6 Å². The molecule has 0 fully saturated rings. The minimum atomic E-state index is -1.82. The summed E-state index contributed by atoms with van der Waals surface area (Å²) >= 11 is 0. The molecular formula is C12H21BNO3Si. The molecule has 1 amide bonds. The van der Waals surface area contributed by atoms with E-state index in [0.717, 1.165) is 0 Å². The van der Waals surface area contributed by atoms with Crippen LogP contribution in [0.5, 0.6) is 0 Å². The third-order valence-corrected chi connectivity index (χ3v) is 8.22. The molecule has 1 aliphatic heterocycles. The van der Waals surface area contributed by atoms with Crippen molar-refractivity contribution in [3.63, 3.8) is 0 Å². The van der Waals surface area contributed by atoms with E-state index in [2.05, 4.69) is 33.9 Å². The highest BCUT2D eigenvalue weighted by atomic mass is 28.4. The summed E-state index contributed by atoms with van der Waals surface area (Å²) in [5.41, 5.74) is 0. The fourth-order valence-electron chi connectivity index (χ4n) is 1.43. The Balaban J connectivity index is 2.61. The minimum Gasteiger partial charge on any atom is -0.414 e. The van der Waals surface area contributed by atoms with Gasteiger partial charge in [-0.2, -0.15) is 0 Å². The van der Waals surface area contributed by atoms with Gasteiger partial charge < -0.3 is 14.0 Å². The summed E-state index contributed by atoms with van der Waals surface area (Å²) < 4.78 is 6.06. The van der Waals surface area contributed by atoms with E-state index in [1.165, 1.54) is 18.3 Å². The van der Waals surface area contributed by atoms with Gasteiger partial charge in [-0.05, 0) is 24.2 Å². The van der Waals surface area contributed by atoms with Crippen LogP contribution < -0.4 is 0 Å². The van der Waals surface area contributed by atoms with Crippen molar-refractivity contribution in [3.05, 3.63) is 12.2 Å². The third-order valence-electron chi connectivity index (χ3n) is 3.72. The quantitative estimate of drug-likeness (QED) is 0.560. The number of carbonyl (C=O) groups excluding carboxylic acids is 2. The molecule has 1 radical (unpaired) electrons. The zero-order valence-electron chi connectivity index (χ0n) is 11.8. The van der Waals surface area contributed by atoms with Gasteiger partial charge in [0.25, 0.3) is 0 Å². The molecule has 18 heavy (non-hydrogen) atoms. The van der Waals surface area contributed by atoms with E-state index in [-0.39, 0.29) is 17.0 Å². The molecule has 0 aromatic rings. The summed E-state index contributed by atoms with van der Waals surface area (Å²) in [5.74, 6) is -0.161. The maximum absolute atomic E-state index is 11.5. The summed E-state index contributed by atoms with van der Waals surface area (Å²) in [4.78, 5) is 23.4. The first kappa shape index (κ1) is 15.2. The van der Waals surface area contributed by atoms with Crippen molar-refractivity contribution < 1.29 is 14.0 Å². The van der Waals surface area contributed by atoms with Crippen LogP contribution in [0.2, 0.25) is 18.1 Å². The first-order valence-electron chi connectivity index (χ1n) is 6.12. The number of hydrogen-bond acceptors (Lipinski definition) is 3. The Hall–Kier alpha value is -0.878. The van der Waals surface area contributed by atoms with E-state index in [9.17, 15) is 9.59 Å². The van der Waals surface area contributed by atoms with Crippen LogP contribution in [0.15, 0.2) is 12.2 Å². The van der Waals surface area contributed by atoms with Crippen molar-refractivity contribution in [2.75, 3.05) is 6.61 Å². The Kier molecular flexibility index (Phi) is 4.56. The third kappa shape index (κ3) is 3.32. The highest BCUT2D eigenvalue weighted by Crippen LogP contribution is 2.36. The van der Waals surface area contributed by atoms with Crippen LogP contribution in [-0.2, 0) is 14.0 Å². The fourth-order valence-corrected chi connectivity index (χ4v) is 2.45. The molecule has 0 spiro atoms. The first-order chi connectivity index (χ1) is 8.19. The molecule has 4 nitrogen and oxygen atoms in total. The van der Waals surface area contributed by atoms with Gasteiger partial charge in [0.1, 0.15) is 6.19 Å². The van der Waals surface area contributed by atoms with Gasteiger partial charge >= 0.3 is 7.41 Å². The normalized spacial score (nSPS) is 20.4. The van der Waals surface area contributed by atoms with Crippen LogP contribution >= 0.6 is 0 Å². The molecule has 0 aromatic carbocycles. The monoisotopic (exact) mass is 266 g/mol. The van der Waals surface area contributed by atoms with E-state index in [1.54, 1.807) is 6.08 Å². The lowest BCUT2D eigenvalue weighted by molar-refractivity contribution is -0.121. The van der Waals surface area contributed by atoms with Crippen LogP contribution in [0.1, 0.15) is 20.8 Å². The lowest BCUT2D eigenvalue weighted by atomic mass is 9.93. The molecule has 0 bridgehead atoms. The second kappa shape index (κ2) is 5.40. The van der Waals surface area contributed by atoms with Crippen molar-refractivity contribution in [1.82, 2.24) is 4.81 Å². The number of carbonyl (C=O) groups is 2. The summed E-state index contributed by atoms with van der Waals surface area (Å²) in [7, 11) is -0.555. The van der Waals surface area contributed by atoms with E-state index in [1.807, 2.05) is 0 Å². The van der Waals surface area contributed by atoms with Crippen molar-refractivity contribution in [2.45, 2.75) is 44.9 Å². The molecule has 99 valence electrons. The molecular weight excluding hydrogens is 245 g/mol. The Morgan fingerprint density at radius 2 is 2.11 bits per heavy atom. The van der Waals surface area contributed by atoms with Gasteiger partial charge in [0.15, 0.2) is 8.32 Å². The van der Waals surface area contributed by atoms with Gasteiger partial charge in [-0.15, -0.1) is 0 Å². The molecule has 6 heteroatoms. The molecule has 1 rings (SSSR count). The van der Waals surface area contributed by atoms with Gasteiger partial charge in [-0.25, -0.2) is 0 Å². The standard InChI is InChI=1S/C12H21BNO3Si/c1-12(2,3)18(4,5)17-8-10-6-7-11(16)14(10)13-9-15/h6-7,9-10H,8H2,1-5H3/t10-/m0/s1. The average Bonchev–Trinajstić information content (AvgIpc) is 2.57. The number of rotatable bonds is 5. The van der Waals surface area contributed by atoms with Crippen LogP contribution in [-0.4, -0.2) is 45.3 Å². The van der Waals surface area contributed by atoms with Crippen LogP contribution in [0, 0.1) is 0 Å². The van der Waals surface area contributed by atoms with Crippen LogP contribution in [0.3, 0.4) is 0 Å². The Morgan fingerprint density at radius 1 is 1.50 bits per heavy atom. The molecule has 1 aliphatic rings. The predicted octanol–water partition coefficient (Wildman–Crippen LogP) is 1.58. The Bertz CT molecular complexity index is 363. The molecule has 0 N–H and O–H groups in total. The maximum atomic E-state index is 11.5. The molecule has 0 aromatic heterocycles. The maximum Gasteiger partial charge on any atom is 0.332 e. The zero-order valence-corrected chi connectivity index (χ0v) is 12.8. The van der Waals surface area contributed by atoms with Gasteiger partial charge in [-0.1, -0.05) is 26.8 Å². The lowest BCUT2D eigenvalue weighted by Crippen LogP contribution is -2.46. The fraction of sp³-hybridized carbons (Fsp3) is 0.667. The van der Waals surface area contributed by atoms with Gasteiger partial charge in [-0.3, -0.25) is 4.79 Å². The lowest BCUT2D eigenvalue weighted by Gasteiger charge is -2.37.